The van der Waals surface area contributed by atoms with Gasteiger partial charge < -0.3 is 5.73 Å². The molecule has 0 aliphatic carbocycles. The van der Waals surface area contributed by atoms with E-state index in [1.807, 2.05) is 47.6 Å². The van der Waals surface area contributed by atoms with Gasteiger partial charge >= 0.3 is 0 Å². The number of nitrogen functional groups attached to an aromatic ring is 1. The zero-order valence-electron chi connectivity index (χ0n) is 14.0. The van der Waals surface area contributed by atoms with Crippen molar-refractivity contribution in [1.29, 1.82) is 0 Å². The molecule has 0 bridgehead atoms. The second-order valence-electron chi connectivity index (χ2n) is 6.57. The van der Waals surface area contributed by atoms with Crippen molar-refractivity contribution in [2.45, 2.75) is 46.4 Å². The molecule has 0 fully saturated rings. The number of sulfonamides is 1. The Morgan fingerprint density at radius 1 is 1.05 bits per heavy atom. The topological polar surface area (TPSA) is 63.4 Å². The van der Waals surface area contributed by atoms with E-state index in [0.29, 0.717) is 23.7 Å². The third-order valence-corrected chi connectivity index (χ3v) is 5.36. The normalized spacial score (nSPS) is 12.6. The predicted octanol–water partition coefficient (Wildman–Crippen LogP) is 3.19. The van der Waals surface area contributed by atoms with E-state index in [2.05, 4.69) is 0 Å². The van der Waals surface area contributed by atoms with Crippen molar-refractivity contribution in [3.63, 3.8) is 0 Å². The summed E-state index contributed by atoms with van der Waals surface area (Å²) in [6, 6.07) is 3.38. The number of hydrogen-bond acceptors (Lipinski definition) is 3. The number of nitrogens with two attached hydrogens (primary N) is 1. The molecule has 1 rings (SSSR count). The molecule has 0 aromatic heterocycles. The van der Waals surface area contributed by atoms with Crippen LogP contribution in [0.2, 0.25) is 0 Å². The van der Waals surface area contributed by atoms with E-state index in [-0.39, 0.29) is 11.8 Å². The van der Waals surface area contributed by atoms with Crippen molar-refractivity contribution in [3.8, 4) is 0 Å². The Kier molecular flexibility index (Phi) is 5.82. The Hall–Kier alpha value is -1.07. The maximum atomic E-state index is 13.0. The van der Waals surface area contributed by atoms with Gasteiger partial charge in [-0.2, -0.15) is 4.31 Å². The first-order valence-corrected chi connectivity index (χ1v) is 8.86. The maximum absolute atomic E-state index is 13.0. The van der Waals surface area contributed by atoms with Gasteiger partial charge in [0.25, 0.3) is 0 Å². The first-order chi connectivity index (χ1) is 9.55. The SMILES string of the molecule is Cc1cc(N)cc(S(=O)(=O)N(CC(C)C)CC(C)C)c1C. The van der Waals surface area contributed by atoms with E-state index in [1.54, 1.807) is 10.4 Å². The fourth-order valence-corrected chi connectivity index (χ4v) is 4.45. The molecule has 0 saturated heterocycles. The average Bonchev–Trinajstić information content (AvgIpc) is 2.31. The highest BCUT2D eigenvalue weighted by Gasteiger charge is 2.28. The maximum Gasteiger partial charge on any atom is 0.243 e. The number of rotatable bonds is 6. The minimum absolute atomic E-state index is 0.279. The average molecular weight is 312 g/mol. The molecule has 2 N–H and O–H groups in total. The van der Waals surface area contributed by atoms with Crippen molar-refractivity contribution < 1.29 is 8.42 Å². The van der Waals surface area contributed by atoms with Crippen molar-refractivity contribution in [2.24, 2.45) is 11.8 Å². The zero-order chi connectivity index (χ0) is 16.4. The van der Waals surface area contributed by atoms with Crippen molar-refractivity contribution in [2.75, 3.05) is 18.8 Å². The fourth-order valence-electron chi connectivity index (χ4n) is 2.35. The van der Waals surface area contributed by atoms with Gasteiger partial charge in [-0.05, 0) is 48.9 Å². The number of aryl methyl sites for hydroxylation is 1. The molecule has 0 saturated carbocycles. The second-order valence-corrected chi connectivity index (χ2v) is 8.48. The summed E-state index contributed by atoms with van der Waals surface area (Å²) in [7, 11) is -3.51. The summed E-state index contributed by atoms with van der Waals surface area (Å²) in [6.45, 7) is 12.9. The van der Waals surface area contributed by atoms with Crippen LogP contribution in [0.4, 0.5) is 5.69 Å². The molecule has 4 nitrogen and oxygen atoms in total. The van der Waals surface area contributed by atoms with Crippen LogP contribution in [-0.4, -0.2) is 25.8 Å². The monoisotopic (exact) mass is 312 g/mol. The first kappa shape index (κ1) is 18.0. The minimum atomic E-state index is -3.51. The molecule has 0 radical (unpaired) electrons. The van der Waals surface area contributed by atoms with Crippen molar-refractivity contribution >= 4 is 15.7 Å². The van der Waals surface area contributed by atoms with E-state index in [1.165, 1.54) is 0 Å². The highest BCUT2D eigenvalue weighted by Crippen LogP contribution is 2.26. The van der Waals surface area contributed by atoms with E-state index < -0.39 is 10.0 Å². The van der Waals surface area contributed by atoms with Crippen molar-refractivity contribution in [3.05, 3.63) is 23.3 Å². The fraction of sp³-hybridized carbons (Fsp3) is 0.625. The molecule has 0 heterocycles. The number of anilines is 1. The summed E-state index contributed by atoms with van der Waals surface area (Å²) in [4.78, 5) is 0.335. The highest BCUT2D eigenvalue weighted by molar-refractivity contribution is 7.89. The lowest BCUT2D eigenvalue weighted by Crippen LogP contribution is -2.37. The van der Waals surface area contributed by atoms with Gasteiger partial charge in [0.2, 0.25) is 10.0 Å². The molecule has 0 atom stereocenters. The van der Waals surface area contributed by atoms with Crippen LogP contribution in [0.1, 0.15) is 38.8 Å². The molecule has 1 aromatic rings. The third-order valence-electron chi connectivity index (χ3n) is 3.40. The van der Waals surface area contributed by atoms with Gasteiger partial charge in [0.05, 0.1) is 4.90 Å². The molecule has 0 unspecified atom stereocenters. The zero-order valence-corrected chi connectivity index (χ0v) is 14.8. The molecule has 1 aromatic carbocycles. The third kappa shape index (κ3) is 4.45. The Balaban J connectivity index is 3.35. The molecular weight excluding hydrogens is 284 g/mol. The minimum Gasteiger partial charge on any atom is -0.399 e. The molecule has 0 aliphatic heterocycles. The van der Waals surface area contributed by atoms with Gasteiger partial charge in [-0.3, -0.25) is 0 Å². The smallest absolute Gasteiger partial charge is 0.243 e. The summed E-state index contributed by atoms with van der Waals surface area (Å²) in [5, 5.41) is 0. The highest BCUT2D eigenvalue weighted by atomic mass is 32.2. The largest absolute Gasteiger partial charge is 0.399 e. The van der Waals surface area contributed by atoms with E-state index in [0.717, 1.165) is 11.1 Å². The van der Waals surface area contributed by atoms with Crippen LogP contribution < -0.4 is 5.73 Å². The lowest BCUT2D eigenvalue weighted by atomic mass is 10.1. The van der Waals surface area contributed by atoms with Crippen LogP contribution in [0, 0.1) is 25.7 Å². The number of nitrogens with zero attached hydrogens (tertiary/aromatic N) is 1. The molecule has 0 spiro atoms. The van der Waals surface area contributed by atoms with Gasteiger partial charge in [-0.25, -0.2) is 8.42 Å². The lowest BCUT2D eigenvalue weighted by molar-refractivity contribution is 0.333. The lowest BCUT2D eigenvalue weighted by Gasteiger charge is -2.26. The van der Waals surface area contributed by atoms with Crippen LogP contribution in [0.3, 0.4) is 0 Å². The molecule has 5 heteroatoms. The van der Waals surface area contributed by atoms with Crippen molar-refractivity contribution in [1.82, 2.24) is 4.31 Å². The van der Waals surface area contributed by atoms with Gasteiger partial charge in [0.15, 0.2) is 0 Å². The predicted molar refractivity (Wildman–Crippen MR) is 88.8 cm³/mol. The van der Waals surface area contributed by atoms with Gasteiger partial charge in [-0.1, -0.05) is 27.7 Å². The molecule has 120 valence electrons. The van der Waals surface area contributed by atoms with Gasteiger partial charge in [0.1, 0.15) is 0 Å². The molecule has 0 amide bonds. The van der Waals surface area contributed by atoms with Crippen LogP contribution >= 0.6 is 0 Å². The standard InChI is InChI=1S/C16H28N2O2S/c1-11(2)9-18(10-12(3)4)21(19,20)16-8-15(17)7-13(5)14(16)6/h7-8,11-12H,9-10,17H2,1-6H3. The first-order valence-electron chi connectivity index (χ1n) is 7.42. The van der Waals surface area contributed by atoms with Crippen LogP contribution in [0.15, 0.2) is 17.0 Å². The second kappa shape index (κ2) is 6.79. The molecule has 21 heavy (non-hydrogen) atoms. The summed E-state index contributed by atoms with van der Waals surface area (Å²) >= 11 is 0. The van der Waals surface area contributed by atoms with E-state index in [9.17, 15) is 8.42 Å². The summed E-state index contributed by atoms with van der Waals surface area (Å²) in [6.07, 6.45) is 0. The van der Waals surface area contributed by atoms with E-state index >= 15 is 0 Å². The Labute approximate surface area is 129 Å². The quantitative estimate of drug-likeness (QED) is 0.821. The van der Waals surface area contributed by atoms with Gasteiger partial charge in [0, 0.05) is 18.8 Å². The number of benzene rings is 1. The summed E-state index contributed by atoms with van der Waals surface area (Å²) in [5.74, 6) is 0.557. The van der Waals surface area contributed by atoms with Crippen LogP contribution in [0.5, 0.6) is 0 Å². The Bertz CT molecular complexity index is 583. The molecular formula is C16H28N2O2S. The van der Waals surface area contributed by atoms with Gasteiger partial charge in [-0.15, -0.1) is 0 Å². The Morgan fingerprint density at radius 2 is 1.52 bits per heavy atom. The van der Waals surface area contributed by atoms with Crippen LogP contribution in [-0.2, 0) is 10.0 Å². The molecule has 0 aliphatic rings. The Morgan fingerprint density at radius 3 is 1.95 bits per heavy atom. The van der Waals surface area contributed by atoms with E-state index in [4.69, 9.17) is 5.73 Å². The summed E-state index contributed by atoms with van der Waals surface area (Å²) < 4.78 is 27.6. The number of hydrogen-bond donors (Lipinski definition) is 1. The summed E-state index contributed by atoms with van der Waals surface area (Å²) in [5.41, 5.74) is 8.02. The van der Waals surface area contributed by atoms with Crippen LogP contribution in [0.25, 0.3) is 0 Å².